The monoisotopic (exact) mass is 351 g/mol. The molecule has 0 saturated heterocycles. The van der Waals surface area contributed by atoms with Crippen molar-refractivity contribution in [1.82, 2.24) is 4.90 Å². The summed E-state index contributed by atoms with van der Waals surface area (Å²) in [5.41, 5.74) is 0.988. The van der Waals surface area contributed by atoms with Crippen LogP contribution in [0, 0.1) is 0 Å². The van der Waals surface area contributed by atoms with Crippen LogP contribution >= 0.6 is 34.3 Å². The number of hydrogen-bond acceptors (Lipinski definition) is 4. The maximum absolute atomic E-state index is 12.7. The minimum atomic E-state index is 0.00894. The molecule has 3 aromatic rings. The first-order chi connectivity index (χ1) is 10.7. The Hall–Kier alpha value is -1.56. The number of amides is 1. The van der Waals surface area contributed by atoms with E-state index in [-0.39, 0.29) is 5.91 Å². The van der Waals surface area contributed by atoms with Gasteiger partial charge in [-0.1, -0.05) is 17.7 Å². The normalized spacial score (nSPS) is 10.8. The largest absolute Gasteiger partial charge is 0.472 e. The summed E-state index contributed by atoms with van der Waals surface area (Å²) in [4.78, 5) is 16.5. The van der Waals surface area contributed by atoms with E-state index in [0.717, 1.165) is 12.0 Å². The van der Waals surface area contributed by atoms with Crippen LogP contribution in [0.5, 0.6) is 0 Å². The number of hydrogen-bond donors (Lipinski definition) is 0. The molecule has 0 aliphatic rings. The molecule has 0 aliphatic carbocycles. The molecule has 114 valence electrons. The van der Waals surface area contributed by atoms with Crippen LogP contribution in [0.4, 0.5) is 0 Å². The molecule has 1 amide bonds. The van der Waals surface area contributed by atoms with E-state index < -0.39 is 0 Å². The molecule has 22 heavy (non-hydrogen) atoms. The molecule has 3 heterocycles. The van der Waals surface area contributed by atoms with E-state index in [4.69, 9.17) is 16.0 Å². The van der Waals surface area contributed by atoms with Crippen LogP contribution in [0.25, 0.3) is 0 Å². The first-order valence-corrected chi connectivity index (χ1v) is 8.88. The molecular formula is C16H14ClNO2S2. The molecule has 0 radical (unpaired) electrons. The lowest BCUT2D eigenvalue weighted by molar-refractivity contribution is 0.0750. The fourth-order valence-electron chi connectivity index (χ4n) is 2.14. The molecule has 0 bridgehead atoms. The SMILES string of the molecule is O=C(c1ccc(Cl)s1)N(CCc1cccs1)Cc1ccoc1. The molecule has 3 aromatic heterocycles. The predicted octanol–water partition coefficient (Wildman–Crippen LogP) is 4.94. The molecule has 0 saturated carbocycles. The fraction of sp³-hybridized carbons (Fsp3) is 0.188. The maximum atomic E-state index is 12.7. The zero-order valence-corrected chi connectivity index (χ0v) is 14.1. The molecular weight excluding hydrogens is 338 g/mol. The summed E-state index contributed by atoms with van der Waals surface area (Å²) >= 11 is 8.97. The molecule has 0 spiro atoms. The molecule has 0 unspecified atom stereocenters. The van der Waals surface area contributed by atoms with Gasteiger partial charge < -0.3 is 9.32 Å². The van der Waals surface area contributed by atoms with Crippen LogP contribution < -0.4 is 0 Å². The highest BCUT2D eigenvalue weighted by atomic mass is 35.5. The van der Waals surface area contributed by atoms with Crippen molar-refractivity contribution in [3.8, 4) is 0 Å². The Balaban J connectivity index is 1.74. The molecule has 0 aliphatic heterocycles. The van der Waals surface area contributed by atoms with Gasteiger partial charge in [-0.15, -0.1) is 22.7 Å². The number of carbonyl (C=O) groups excluding carboxylic acids is 1. The van der Waals surface area contributed by atoms with Crippen LogP contribution in [-0.4, -0.2) is 17.4 Å². The van der Waals surface area contributed by atoms with Crippen molar-refractivity contribution >= 4 is 40.2 Å². The molecule has 3 rings (SSSR count). The van der Waals surface area contributed by atoms with Gasteiger partial charge in [0.05, 0.1) is 21.7 Å². The van der Waals surface area contributed by atoms with E-state index in [2.05, 4.69) is 11.4 Å². The van der Waals surface area contributed by atoms with Crippen molar-refractivity contribution in [1.29, 1.82) is 0 Å². The fourth-order valence-corrected chi connectivity index (χ4v) is 3.85. The van der Waals surface area contributed by atoms with Crippen LogP contribution in [0.1, 0.15) is 20.1 Å². The Bertz CT molecular complexity index is 719. The van der Waals surface area contributed by atoms with Gasteiger partial charge >= 0.3 is 0 Å². The van der Waals surface area contributed by atoms with Gasteiger partial charge in [-0.25, -0.2) is 0 Å². The summed E-state index contributed by atoms with van der Waals surface area (Å²) in [7, 11) is 0. The molecule has 0 fully saturated rings. The molecule has 0 aromatic carbocycles. The van der Waals surface area contributed by atoms with Crippen molar-refractivity contribution in [2.24, 2.45) is 0 Å². The summed E-state index contributed by atoms with van der Waals surface area (Å²) in [6, 6.07) is 9.54. The first kappa shape index (κ1) is 15.3. The van der Waals surface area contributed by atoms with Gasteiger partial charge in [0.2, 0.25) is 0 Å². The van der Waals surface area contributed by atoms with E-state index in [1.54, 1.807) is 36.0 Å². The predicted molar refractivity (Wildman–Crippen MR) is 90.8 cm³/mol. The van der Waals surface area contributed by atoms with Gasteiger partial charge in [-0.2, -0.15) is 0 Å². The average Bonchev–Trinajstić information content (AvgIpc) is 3.25. The second kappa shape index (κ2) is 7.13. The van der Waals surface area contributed by atoms with E-state index >= 15 is 0 Å². The van der Waals surface area contributed by atoms with Crippen LogP contribution in [-0.2, 0) is 13.0 Å². The standard InChI is InChI=1S/C16H14ClNO2S2/c17-15-4-3-14(22-15)16(19)18(10-12-6-8-20-11-12)7-5-13-2-1-9-21-13/h1-4,6,8-9,11H,5,7,10H2. The van der Waals surface area contributed by atoms with Crippen molar-refractivity contribution in [2.45, 2.75) is 13.0 Å². The summed E-state index contributed by atoms with van der Waals surface area (Å²) in [5, 5.41) is 2.05. The topological polar surface area (TPSA) is 33.5 Å². The summed E-state index contributed by atoms with van der Waals surface area (Å²) in [6.45, 7) is 1.20. The number of furan rings is 1. The van der Waals surface area contributed by atoms with E-state index in [0.29, 0.717) is 22.3 Å². The molecule has 6 heteroatoms. The number of halogens is 1. The van der Waals surface area contributed by atoms with Crippen molar-refractivity contribution in [2.75, 3.05) is 6.54 Å². The molecule has 0 atom stereocenters. The highest BCUT2D eigenvalue weighted by Gasteiger charge is 2.18. The number of rotatable bonds is 6. The third kappa shape index (κ3) is 3.80. The number of thiophene rings is 2. The Morgan fingerprint density at radius 2 is 2.18 bits per heavy atom. The van der Waals surface area contributed by atoms with Gasteiger partial charge in [-0.3, -0.25) is 4.79 Å². The lowest BCUT2D eigenvalue weighted by Gasteiger charge is -2.21. The van der Waals surface area contributed by atoms with Crippen molar-refractivity contribution < 1.29 is 9.21 Å². The van der Waals surface area contributed by atoms with Crippen LogP contribution in [0.2, 0.25) is 4.34 Å². The van der Waals surface area contributed by atoms with Crippen molar-refractivity contribution in [3.05, 3.63) is 67.9 Å². The summed E-state index contributed by atoms with van der Waals surface area (Å²) in [6.07, 6.45) is 4.15. The van der Waals surface area contributed by atoms with E-state index in [1.165, 1.54) is 16.2 Å². The zero-order chi connectivity index (χ0) is 15.4. The zero-order valence-electron chi connectivity index (χ0n) is 11.7. The molecule has 0 N–H and O–H groups in total. The van der Waals surface area contributed by atoms with E-state index in [1.807, 2.05) is 17.0 Å². The van der Waals surface area contributed by atoms with Gasteiger partial charge in [0.1, 0.15) is 0 Å². The number of carbonyl (C=O) groups is 1. The van der Waals surface area contributed by atoms with Crippen molar-refractivity contribution in [3.63, 3.8) is 0 Å². The highest BCUT2D eigenvalue weighted by Crippen LogP contribution is 2.24. The Morgan fingerprint density at radius 3 is 2.82 bits per heavy atom. The maximum Gasteiger partial charge on any atom is 0.264 e. The Kier molecular flexibility index (Phi) is 4.97. The first-order valence-electron chi connectivity index (χ1n) is 6.80. The third-order valence-corrected chi connectivity index (χ3v) is 5.39. The summed E-state index contributed by atoms with van der Waals surface area (Å²) < 4.78 is 5.73. The lowest BCUT2D eigenvalue weighted by atomic mass is 10.2. The molecule has 3 nitrogen and oxygen atoms in total. The highest BCUT2D eigenvalue weighted by molar-refractivity contribution is 7.18. The van der Waals surface area contributed by atoms with Gasteiger partial charge in [-0.05, 0) is 36.1 Å². The van der Waals surface area contributed by atoms with Gasteiger partial charge in [0.25, 0.3) is 5.91 Å². The van der Waals surface area contributed by atoms with E-state index in [9.17, 15) is 4.79 Å². The Labute approximate surface area is 141 Å². The second-order valence-corrected chi connectivity index (χ2v) is 7.54. The minimum Gasteiger partial charge on any atom is -0.472 e. The van der Waals surface area contributed by atoms with Gasteiger partial charge in [0.15, 0.2) is 0 Å². The quantitative estimate of drug-likeness (QED) is 0.630. The number of nitrogens with zero attached hydrogens (tertiary/aromatic N) is 1. The smallest absolute Gasteiger partial charge is 0.264 e. The van der Waals surface area contributed by atoms with Crippen LogP contribution in [0.15, 0.2) is 52.7 Å². The summed E-state index contributed by atoms with van der Waals surface area (Å²) in [5.74, 6) is 0.00894. The average molecular weight is 352 g/mol. The van der Waals surface area contributed by atoms with Gasteiger partial charge in [0, 0.05) is 23.5 Å². The minimum absolute atomic E-state index is 0.00894. The van der Waals surface area contributed by atoms with Crippen LogP contribution in [0.3, 0.4) is 0 Å². The Morgan fingerprint density at radius 1 is 1.27 bits per heavy atom. The lowest BCUT2D eigenvalue weighted by Crippen LogP contribution is -2.31. The third-order valence-electron chi connectivity index (χ3n) is 3.23. The second-order valence-electron chi connectivity index (χ2n) is 4.79.